The molecule has 0 aliphatic heterocycles. The number of nitrogens with zero attached hydrogens (tertiary/aromatic N) is 2. The van der Waals surface area contributed by atoms with Gasteiger partial charge in [-0.2, -0.15) is 13.2 Å². The molecule has 21 heavy (non-hydrogen) atoms. The number of anilines is 2. The maximum atomic E-state index is 12.9. The lowest BCUT2D eigenvalue weighted by Gasteiger charge is -2.20. The first kappa shape index (κ1) is 15.2. The first-order valence-corrected chi connectivity index (χ1v) is 6.45. The minimum absolute atomic E-state index is 0.210. The number of furan rings is 1. The third-order valence-electron chi connectivity index (χ3n) is 2.89. The van der Waals surface area contributed by atoms with Gasteiger partial charge in [-0.15, -0.1) is 0 Å². The second kappa shape index (κ2) is 6.07. The molecule has 7 heteroatoms. The van der Waals surface area contributed by atoms with Gasteiger partial charge in [0.2, 0.25) is 0 Å². The Hall–Kier alpha value is -2.18. The highest BCUT2D eigenvalue weighted by atomic mass is 19.4. The molecule has 4 nitrogen and oxygen atoms in total. The molecule has 0 radical (unpaired) electrons. The van der Waals surface area contributed by atoms with Crippen molar-refractivity contribution in [1.29, 1.82) is 0 Å². The maximum absolute atomic E-state index is 12.9. The van der Waals surface area contributed by atoms with Crippen LogP contribution in [-0.2, 0) is 12.7 Å². The van der Waals surface area contributed by atoms with Crippen molar-refractivity contribution in [2.24, 2.45) is 0 Å². The van der Waals surface area contributed by atoms with Crippen LogP contribution in [0.2, 0.25) is 0 Å². The van der Waals surface area contributed by atoms with Crippen molar-refractivity contribution in [3.63, 3.8) is 0 Å². The second-order valence-electron chi connectivity index (χ2n) is 4.62. The molecule has 0 saturated heterocycles. The zero-order valence-electron chi connectivity index (χ0n) is 11.7. The van der Waals surface area contributed by atoms with Gasteiger partial charge in [-0.05, 0) is 25.1 Å². The van der Waals surface area contributed by atoms with Crippen LogP contribution in [0.5, 0.6) is 0 Å². The highest BCUT2D eigenvalue weighted by molar-refractivity contribution is 5.51. The van der Waals surface area contributed by atoms with Gasteiger partial charge in [0.15, 0.2) is 0 Å². The van der Waals surface area contributed by atoms with E-state index >= 15 is 0 Å². The molecule has 2 aromatic rings. The predicted molar refractivity (Wildman–Crippen MR) is 74.2 cm³/mol. The molecule has 114 valence electrons. The Morgan fingerprint density at radius 1 is 1.33 bits per heavy atom. The van der Waals surface area contributed by atoms with Crippen molar-refractivity contribution in [2.45, 2.75) is 19.6 Å². The van der Waals surface area contributed by atoms with Gasteiger partial charge in [0, 0.05) is 25.7 Å². The van der Waals surface area contributed by atoms with E-state index in [2.05, 4.69) is 10.3 Å². The molecule has 0 bridgehead atoms. The fourth-order valence-electron chi connectivity index (χ4n) is 1.88. The fraction of sp³-hybridized carbons (Fsp3) is 0.357. The minimum atomic E-state index is -4.40. The van der Waals surface area contributed by atoms with E-state index in [9.17, 15) is 13.2 Å². The molecule has 0 aliphatic carbocycles. The van der Waals surface area contributed by atoms with Crippen LogP contribution < -0.4 is 10.2 Å². The number of hydrogen-bond acceptors (Lipinski definition) is 4. The number of halogens is 3. The summed E-state index contributed by atoms with van der Waals surface area (Å²) < 4.78 is 43.8. The Kier molecular flexibility index (Phi) is 4.40. The van der Waals surface area contributed by atoms with Crippen LogP contribution >= 0.6 is 0 Å². The molecule has 2 heterocycles. The fourth-order valence-corrected chi connectivity index (χ4v) is 1.88. The maximum Gasteiger partial charge on any atom is 0.416 e. The van der Waals surface area contributed by atoms with Crippen molar-refractivity contribution in [3.05, 3.63) is 41.9 Å². The van der Waals surface area contributed by atoms with Gasteiger partial charge in [0.25, 0.3) is 0 Å². The highest BCUT2D eigenvalue weighted by Gasteiger charge is 2.32. The molecule has 2 rings (SSSR count). The van der Waals surface area contributed by atoms with Crippen LogP contribution in [0.3, 0.4) is 0 Å². The van der Waals surface area contributed by atoms with E-state index in [-0.39, 0.29) is 11.6 Å². The zero-order valence-corrected chi connectivity index (χ0v) is 11.7. The van der Waals surface area contributed by atoms with Gasteiger partial charge in [0.1, 0.15) is 11.6 Å². The van der Waals surface area contributed by atoms with E-state index in [1.807, 2.05) is 0 Å². The topological polar surface area (TPSA) is 41.3 Å². The van der Waals surface area contributed by atoms with E-state index in [4.69, 9.17) is 4.42 Å². The molecule has 0 unspecified atom stereocenters. The Balaban J connectivity index is 2.30. The summed E-state index contributed by atoms with van der Waals surface area (Å²) in [6.45, 7) is 2.71. The summed E-state index contributed by atoms with van der Waals surface area (Å²) in [4.78, 5) is 5.84. The Bertz CT molecular complexity index is 582. The number of nitrogens with one attached hydrogen (secondary N) is 1. The molecular formula is C14H16F3N3O. The van der Waals surface area contributed by atoms with Gasteiger partial charge in [-0.25, -0.2) is 4.98 Å². The summed E-state index contributed by atoms with van der Waals surface area (Å²) in [5.41, 5.74) is 0.143. The lowest BCUT2D eigenvalue weighted by atomic mass is 10.2. The zero-order chi connectivity index (χ0) is 15.5. The highest BCUT2D eigenvalue weighted by Crippen LogP contribution is 2.33. The molecule has 0 atom stereocenters. The summed E-state index contributed by atoms with van der Waals surface area (Å²) in [6.07, 6.45) is -1.33. The summed E-state index contributed by atoms with van der Waals surface area (Å²) in [6, 6.07) is 3.81. The Morgan fingerprint density at radius 2 is 2.10 bits per heavy atom. The first-order chi connectivity index (χ1) is 9.90. The van der Waals surface area contributed by atoms with Crippen LogP contribution in [0, 0.1) is 0 Å². The van der Waals surface area contributed by atoms with Crippen LogP contribution in [0.25, 0.3) is 0 Å². The summed E-state index contributed by atoms with van der Waals surface area (Å²) in [7, 11) is 1.69. The van der Waals surface area contributed by atoms with Crippen molar-refractivity contribution in [2.75, 3.05) is 23.8 Å². The number of pyridine rings is 1. The van der Waals surface area contributed by atoms with Crippen LogP contribution in [0.15, 0.2) is 35.1 Å². The molecular weight excluding hydrogens is 283 g/mol. The SMILES string of the molecule is CCNc1cc(C(F)(F)F)cc(N(C)Cc2ccoc2)n1. The van der Waals surface area contributed by atoms with Gasteiger partial charge < -0.3 is 14.6 Å². The monoisotopic (exact) mass is 299 g/mol. The average Bonchev–Trinajstić information content (AvgIpc) is 2.90. The smallest absolute Gasteiger partial charge is 0.416 e. The van der Waals surface area contributed by atoms with Gasteiger partial charge in [0.05, 0.1) is 18.1 Å². The molecule has 0 fully saturated rings. The Morgan fingerprint density at radius 3 is 2.67 bits per heavy atom. The van der Waals surface area contributed by atoms with E-state index in [0.717, 1.165) is 17.7 Å². The van der Waals surface area contributed by atoms with Crippen LogP contribution in [0.1, 0.15) is 18.1 Å². The average molecular weight is 299 g/mol. The number of rotatable bonds is 5. The second-order valence-corrected chi connectivity index (χ2v) is 4.62. The number of aromatic nitrogens is 1. The lowest BCUT2D eigenvalue weighted by Crippen LogP contribution is -2.19. The molecule has 2 aromatic heterocycles. The minimum Gasteiger partial charge on any atom is -0.472 e. The van der Waals surface area contributed by atoms with Crippen LogP contribution in [0.4, 0.5) is 24.8 Å². The molecule has 0 amide bonds. The van der Waals surface area contributed by atoms with E-state index in [0.29, 0.717) is 13.1 Å². The molecule has 0 spiro atoms. The third kappa shape index (κ3) is 3.90. The third-order valence-corrected chi connectivity index (χ3v) is 2.89. The van der Waals surface area contributed by atoms with Gasteiger partial charge >= 0.3 is 6.18 Å². The van der Waals surface area contributed by atoms with Crippen LogP contribution in [-0.4, -0.2) is 18.6 Å². The Labute approximate surface area is 120 Å². The molecule has 0 aliphatic rings. The lowest BCUT2D eigenvalue weighted by molar-refractivity contribution is -0.137. The molecule has 1 N–H and O–H groups in total. The summed E-state index contributed by atoms with van der Waals surface area (Å²) in [5.74, 6) is 0.461. The molecule has 0 saturated carbocycles. The first-order valence-electron chi connectivity index (χ1n) is 6.45. The number of alkyl halides is 3. The van der Waals surface area contributed by atoms with E-state index in [1.54, 1.807) is 31.2 Å². The van der Waals surface area contributed by atoms with Gasteiger partial charge in [-0.1, -0.05) is 0 Å². The quantitative estimate of drug-likeness (QED) is 0.912. The summed E-state index contributed by atoms with van der Waals surface area (Å²) in [5, 5.41) is 2.82. The normalized spacial score (nSPS) is 11.5. The van der Waals surface area contributed by atoms with E-state index in [1.165, 1.54) is 6.26 Å². The predicted octanol–water partition coefficient (Wildman–Crippen LogP) is 3.76. The van der Waals surface area contributed by atoms with Crippen molar-refractivity contribution >= 4 is 11.6 Å². The largest absolute Gasteiger partial charge is 0.472 e. The standard InChI is InChI=1S/C14H16F3N3O/c1-3-18-12-6-11(14(15,16)17)7-13(19-12)20(2)8-10-4-5-21-9-10/h4-7,9H,3,8H2,1-2H3,(H,18,19). The van der Waals surface area contributed by atoms with Crippen molar-refractivity contribution in [3.8, 4) is 0 Å². The summed E-state index contributed by atoms with van der Waals surface area (Å²) >= 11 is 0. The molecule has 0 aromatic carbocycles. The number of hydrogen-bond donors (Lipinski definition) is 1. The van der Waals surface area contributed by atoms with Crippen molar-refractivity contribution in [1.82, 2.24) is 4.98 Å². The van der Waals surface area contributed by atoms with Crippen molar-refractivity contribution < 1.29 is 17.6 Å². The van der Waals surface area contributed by atoms with Gasteiger partial charge in [-0.3, -0.25) is 0 Å². The van der Waals surface area contributed by atoms with E-state index < -0.39 is 11.7 Å².